The number of hydrazine groups is 4. The maximum Gasteiger partial charge on any atom is 0.416 e. The SMILES string of the molecule is C=N/C=C(\C=C(/C)OCCc1ccc(C(=O)Nc2cc(C(F)(F)F)cc(N(C)CC(C)C)n2)cc1N1C=C(c2cnn(C)c2C)NN1)C1=CN(c2cc(C(=O)Nc3cc(C(F)(F)F)cc(N4CCOCC4)n3)ccc2C)NN1. The van der Waals surface area contributed by atoms with Gasteiger partial charge in [0, 0.05) is 86.7 Å². The van der Waals surface area contributed by atoms with Crippen molar-refractivity contribution in [3.63, 3.8) is 0 Å². The normalized spacial score (nSPS) is 15.2. The summed E-state index contributed by atoms with van der Waals surface area (Å²) in [6.45, 7) is 15.0. The Morgan fingerprint density at radius 1 is 0.872 bits per heavy atom. The molecule has 19 nitrogen and oxygen atoms in total. The first kappa shape index (κ1) is 55.8. The number of carbonyl (C=O) groups excluding carboxylic acids is 2. The van der Waals surface area contributed by atoms with Gasteiger partial charge >= 0.3 is 12.4 Å². The Hall–Kier alpha value is -8.42. The summed E-state index contributed by atoms with van der Waals surface area (Å²) >= 11 is 0. The van der Waals surface area contributed by atoms with Gasteiger partial charge in [-0.3, -0.25) is 29.3 Å². The fourth-order valence-corrected chi connectivity index (χ4v) is 8.61. The fourth-order valence-electron chi connectivity index (χ4n) is 8.61. The molecular weight excluding hydrogens is 1020 g/mol. The van der Waals surface area contributed by atoms with E-state index in [1.807, 2.05) is 34.7 Å². The number of pyridine rings is 2. The topological polar surface area (TPSA) is 194 Å². The smallest absolute Gasteiger partial charge is 0.416 e. The Kier molecular flexibility index (Phi) is 16.8. The van der Waals surface area contributed by atoms with E-state index in [1.165, 1.54) is 6.20 Å². The molecule has 0 radical (unpaired) electrons. The summed E-state index contributed by atoms with van der Waals surface area (Å²) < 4.78 is 97.5. The average Bonchev–Trinajstić information content (AvgIpc) is 4.17. The zero-order valence-corrected chi connectivity index (χ0v) is 43.8. The van der Waals surface area contributed by atoms with Crippen LogP contribution in [0.15, 0.2) is 114 Å². The molecule has 8 rings (SSSR count). The van der Waals surface area contributed by atoms with Crippen molar-refractivity contribution in [1.29, 1.82) is 0 Å². The summed E-state index contributed by atoms with van der Waals surface area (Å²) in [6.07, 6.45) is -0.554. The average molecular weight is 1080 g/mol. The zero-order valence-electron chi connectivity index (χ0n) is 43.8. The molecule has 3 aliphatic rings. The van der Waals surface area contributed by atoms with Gasteiger partial charge in [0.05, 0.1) is 65.7 Å². The van der Waals surface area contributed by atoms with Crippen LogP contribution in [0.2, 0.25) is 0 Å². The number of nitrogens with one attached hydrogen (secondary N) is 6. The van der Waals surface area contributed by atoms with Crippen LogP contribution in [-0.2, 0) is 35.3 Å². The molecule has 78 heavy (non-hydrogen) atoms. The number of allylic oxidation sites excluding steroid dienone is 2. The predicted octanol–water partition coefficient (Wildman–Crippen LogP) is 8.54. The number of hydrogen-bond acceptors (Lipinski definition) is 16. The molecule has 0 bridgehead atoms. The number of morpholine rings is 1. The van der Waals surface area contributed by atoms with Crippen molar-refractivity contribution < 1.29 is 45.4 Å². The third-order valence-corrected chi connectivity index (χ3v) is 12.7. The molecule has 25 heteroatoms. The minimum absolute atomic E-state index is 0.0582. The molecule has 5 aromatic rings. The van der Waals surface area contributed by atoms with E-state index >= 15 is 0 Å². The summed E-state index contributed by atoms with van der Waals surface area (Å²) in [5.41, 5.74) is 16.9. The number of aryl methyl sites for hydroxylation is 2. The highest BCUT2D eigenvalue weighted by Crippen LogP contribution is 2.36. The monoisotopic (exact) mass is 1080 g/mol. The van der Waals surface area contributed by atoms with Gasteiger partial charge in [-0.1, -0.05) is 26.0 Å². The highest BCUT2D eigenvalue weighted by atomic mass is 19.4. The molecule has 3 aliphatic heterocycles. The van der Waals surface area contributed by atoms with Crippen LogP contribution in [0.3, 0.4) is 0 Å². The van der Waals surface area contributed by atoms with Crippen molar-refractivity contribution in [3.05, 3.63) is 153 Å². The number of aliphatic imine (C=N–C) groups is 1. The van der Waals surface area contributed by atoms with Crippen LogP contribution >= 0.6 is 0 Å². The first-order valence-electron chi connectivity index (χ1n) is 24.6. The minimum Gasteiger partial charge on any atom is -0.498 e. The molecule has 0 spiro atoms. The molecule has 1 fully saturated rings. The molecule has 0 unspecified atom stereocenters. The van der Waals surface area contributed by atoms with Crippen molar-refractivity contribution in [1.82, 2.24) is 41.7 Å². The standard InChI is InChI=1S/C53H59F6N15O4/c1-31(2)28-70(7)48-24-39(52(54,55)56)22-46(62-48)64-51(76)37-12-11-35(45(21-37)74-30-43(67-69-74)41-27-61-71(8)34(41)5)13-16-78-33(4)19-38(26-60-6)42-29-73(68-66-42)44-20-36(10-9-32(44)3)50(75)65-47-23-40(53(57,58)59)25-49(63-47)72-14-17-77-18-15-72/h9-12,19-27,29-31,66-69H,6,13-18,28H2,1-5,7-8H3,(H,62,64,76)(H,63,65,75)/b33-19+,38-26+. The first-order valence-corrected chi connectivity index (χ1v) is 24.6. The second kappa shape index (κ2) is 23.4. The van der Waals surface area contributed by atoms with Crippen molar-refractivity contribution in [2.45, 2.75) is 53.4 Å². The van der Waals surface area contributed by atoms with Crippen molar-refractivity contribution in [2.75, 3.05) is 77.0 Å². The van der Waals surface area contributed by atoms with Gasteiger partial charge in [-0.15, -0.1) is 11.1 Å². The molecule has 2 aromatic carbocycles. The molecule has 3 aromatic heterocycles. The summed E-state index contributed by atoms with van der Waals surface area (Å²) in [5.74, 6) is -1.12. The van der Waals surface area contributed by atoms with Crippen molar-refractivity contribution in [3.8, 4) is 0 Å². The van der Waals surface area contributed by atoms with Gasteiger partial charge in [0.15, 0.2) is 0 Å². The number of benzene rings is 2. The van der Waals surface area contributed by atoms with Gasteiger partial charge in [0.2, 0.25) is 0 Å². The third-order valence-electron chi connectivity index (χ3n) is 12.7. The molecule has 0 aliphatic carbocycles. The molecule has 6 N–H and O–H groups in total. The number of anilines is 6. The van der Waals surface area contributed by atoms with Crippen LogP contribution in [0.4, 0.5) is 61.0 Å². The van der Waals surface area contributed by atoms with Gasteiger partial charge in [-0.2, -0.15) is 31.4 Å². The molecule has 1 saturated heterocycles. The summed E-state index contributed by atoms with van der Waals surface area (Å²) in [5, 5.41) is 12.8. The van der Waals surface area contributed by atoms with E-state index in [0.29, 0.717) is 73.4 Å². The van der Waals surface area contributed by atoms with Gasteiger partial charge in [-0.05, 0) is 99.1 Å². The molecular formula is C53H59F6N15O4. The molecule has 412 valence electrons. The maximum absolute atomic E-state index is 14.1. The molecule has 6 heterocycles. The van der Waals surface area contributed by atoms with E-state index in [2.05, 4.69) is 59.3 Å². The van der Waals surface area contributed by atoms with Gasteiger partial charge in [0.25, 0.3) is 11.8 Å². The number of carbonyl (C=O) groups is 2. The highest BCUT2D eigenvalue weighted by Gasteiger charge is 2.34. The van der Waals surface area contributed by atoms with Crippen molar-refractivity contribution in [2.24, 2.45) is 18.0 Å². The predicted molar refractivity (Wildman–Crippen MR) is 286 cm³/mol. The van der Waals surface area contributed by atoms with E-state index in [1.54, 1.807) is 99.5 Å². The summed E-state index contributed by atoms with van der Waals surface area (Å²) in [6, 6.07) is 13.3. The highest BCUT2D eigenvalue weighted by molar-refractivity contribution is 6.05. The maximum atomic E-state index is 14.1. The quantitative estimate of drug-likeness (QED) is 0.0211. The summed E-state index contributed by atoms with van der Waals surface area (Å²) in [7, 11) is 3.47. The van der Waals surface area contributed by atoms with Crippen LogP contribution in [0.5, 0.6) is 0 Å². The number of halogens is 6. The van der Waals surface area contributed by atoms with Crippen LogP contribution in [0, 0.1) is 19.8 Å². The van der Waals surface area contributed by atoms with E-state index in [0.717, 1.165) is 46.6 Å². The lowest BCUT2D eigenvalue weighted by molar-refractivity contribution is -0.138. The van der Waals surface area contributed by atoms with Gasteiger partial charge < -0.3 is 40.8 Å². The van der Waals surface area contributed by atoms with E-state index in [9.17, 15) is 35.9 Å². The number of alkyl halides is 6. The van der Waals surface area contributed by atoms with Crippen LogP contribution < -0.4 is 52.4 Å². The van der Waals surface area contributed by atoms with Crippen molar-refractivity contribution >= 4 is 58.9 Å². The molecule has 2 amide bonds. The van der Waals surface area contributed by atoms with Gasteiger partial charge in [-0.25, -0.2) is 9.97 Å². The lowest BCUT2D eigenvalue weighted by atomic mass is 10.1. The number of ether oxygens (including phenoxy) is 2. The van der Waals surface area contributed by atoms with E-state index < -0.39 is 35.3 Å². The van der Waals surface area contributed by atoms with E-state index in [4.69, 9.17) is 9.47 Å². The Bertz CT molecular complexity index is 3200. The van der Waals surface area contributed by atoms with Gasteiger partial charge in [0.1, 0.15) is 23.3 Å². The third kappa shape index (κ3) is 13.4. The molecule has 0 saturated carbocycles. The first-order chi connectivity index (χ1) is 37.0. The second-order valence-corrected chi connectivity index (χ2v) is 19.0. The second-order valence-electron chi connectivity index (χ2n) is 19.0. The Labute approximate surface area is 446 Å². The van der Waals surface area contributed by atoms with Crippen LogP contribution in [-0.4, -0.2) is 84.8 Å². The number of rotatable bonds is 18. The number of hydrogen-bond donors (Lipinski definition) is 6. The number of amides is 2. The fraction of sp³-hybridized carbons (Fsp3) is 0.321. The van der Waals surface area contributed by atoms with Crippen LogP contribution in [0.25, 0.3) is 5.70 Å². The minimum atomic E-state index is -4.69. The summed E-state index contributed by atoms with van der Waals surface area (Å²) in [4.78, 5) is 43.5. The Balaban J connectivity index is 0.982. The number of aromatic nitrogens is 4. The lowest BCUT2D eigenvalue weighted by Gasteiger charge is -2.28. The largest absolute Gasteiger partial charge is 0.498 e. The zero-order chi connectivity index (χ0) is 56.1. The van der Waals surface area contributed by atoms with Crippen LogP contribution in [0.1, 0.15) is 75.0 Å². The molecule has 0 atom stereocenters. The van der Waals surface area contributed by atoms with E-state index in [-0.39, 0.29) is 46.9 Å². The lowest BCUT2D eigenvalue weighted by Crippen LogP contribution is -2.37. The Morgan fingerprint density at radius 3 is 2.14 bits per heavy atom. The number of nitrogens with zero attached hydrogens (tertiary/aromatic N) is 9. The Morgan fingerprint density at radius 2 is 1.50 bits per heavy atom.